The predicted molar refractivity (Wildman–Crippen MR) is 135 cm³/mol. The summed E-state index contributed by atoms with van der Waals surface area (Å²) in [6.07, 6.45) is 1.72. The monoisotopic (exact) mass is 473 g/mol. The Balaban J connectivity index is 1.85. The van der Waals surface area contributed by atoms with Crippen LogP contribution in [0.25, 0.3) is 22.7 Å². The number of nitrogens with zero attached hydrogens (tertiary/aromatic N) is 1. The summed E-state index contributed by atoms with van der Waals surface area (Å²) in [6.45, 7) is 3.90. The van der Waals surface area contributed by atoms with E-state index in [1.54, 1.807) is 63.8 Å². The highest BCUT2D eigenvalue weighted by atomic mass is 16.5. The number of ketones is 1. The van der Waals surface area contributed by atoms with Crippen LogP contribution in [0.5, 0.6) is 23.0 Å². The quantitative estimate of drug-likeness (QED) is 0.216. The molecule has 3 aromatic carbocycles. The Labute approximate surface area is 203 Å². The van der Waals surface area contributed by atoms with Gasteiger partial charge in [0.2, 0.25) is 5.89 Å². The molecule has 35 heavy (non-hydrogen) atoms. The van der Waals surface area contributed by atoms with Gasteiger partial charge >= 0.3 is 0 Å². The van der Waals surface area contributed by atoms with E-state index in [9.17, 15) is 4.79 Å². The number of hydrogen-bond donors (Lipinski definition) is 0. The molecule has 0 aliphatic carbocycles. The lowest BCUT2D eigenvalue weighted by molar-refractivity contribution is 0.105. The average Bonchev–Trinajstić information content (AvgIpc) is 3.30. The SMILES string of the molecule is COc1cc(OC)c(OC)cc1/C=C(/C(=O)c1ccc(OC(C)C)cc1)c1nc2ccccc2o1. The Bertz CT molecular complexity index is 1340. The number of methoxy groups -OCH3 is 3. The number of carbonyl (C=O) groups is 1. The van der Waals surface area contributed by atoms with Gasteiger partial charge in [0, 0.05) is 17.2 Å². The molecule has 1 heterocycles. The molecule has 0 fully saturated rings. The minimum Gasteiger partial charge on any atom is -0.496 e. The van der Waals surface area contributed by atoms with Crippen LogP contribution in [0.2, 0.25) is 0 Å². The van der Waals surface area contributed by atoms with Gasteiger partial charge in [-0.2, -0.15) is 0 Å². The molecule has 7 nitrogen and oxygen atoms in total. The summed E-state index contributed by atoms with van der Waals surface area (Å²) in [5.74, 6) is 2.14. The molecule has 0 saturated carbocycles. The van der Waals surface area contributed by atoms with Gasteiger partial charge in [0.1, 0.15) is 17.0 Å². The highest BCUT2D eigenvalue weighted by Crippen LogP contribution is 2.37. The maximum Gasteiger partial charge on any atom is 0.231 e. The zero-order valence-corrected chi connectivity index (χ0v) is 20.3. The molecular weight excluding hydrogens is 446 g/mol. The van der Waals surface area contributed by atoms with Gasteiger partial charge in [0.25, 0.3) is 0 Å². The molecular formula is C28H27NO6. The molecule has 0 spiro atoms. The second-order valence-electron chi connectivity index (χ2n) is 8.01. The van der Waals surface area contributed by atoms with E-state index in [-0.39, 0.29) is 23.4 Å². The van der Waals surface area contributed by atoms with Crippen molar-refractivity contribution in [3.05, 3.63) is 77.7 Å². The normalized spacial score (nSPS) is 11.5. The van der Waals surface area contributed by atoms with E-state index in [1.165, 1.54) is 0 Å². The van der Waals surface area contributed by atoms with Crippen molar-refractivity contribution >= 4 is 28.5 Å². The average molecular weight is 474 g/mol. The summed E-state index contributed by atoms with van der Waals surface area (Å²) < 4.78 is 28.1. The number of para-hydroxylation sites is 2. The third kappa shape index (κ3) is 5.14. The number of rotatable bonds is 9. The zero-order chi connectivity index (χ0) is 24.9. The molecule has 0 radical (unpaired) electrons. The van der Waals surface area contributed by atoms with E-state index in [1.807, 2.05) is 38.1 Å². The van der Waals surface area contributed by atoms with E-state index >= 15 is 0 Å². The highest BCUT2D eigenvalue weighted by molar-refractivity contribution is 6.31. The van der Waals surface area contributed by atoms with Crippen LogP contribution >= 0.6 is 0 Å². The molecule has 0 amide bonds. The molecule has 0 saturated heterocycles. The maximum absolute atomic E-state index is 13.7. The van der Waals surface area contributed by atoms with Gasteiger partial charge < -0.3 is 23.4 Å². The lowest BCUT2D eigenvalue weighted by atomic mass is 10.00. The van der Waals surface area contributed by atoms with Crippen LogP contribution in [-0.2, 0) is 0 Å². The lowest BCUT2D eigenvalue weighted by Gasteiger charge is -2.13. The number of aromatic nitrogens is 1. The van der Waals surface area contributed by atoms with E-state index in [0.29, 0.717) is 45.2 Å². The number of oxazole rings is 1. The first kappa shape index (κ1) is 23.9. The van der Waals surface area contributed by atoms with Gasteiger partial charge in [-0.15, -0.1) is 0 Å². The van der Waals surface area contributed by atoms with Crippen molar-refractivity contribution in [2.24, 2.45) is 0 Å². The number of benzene rings is 3. The molecule has 1 aromatic heterocycles. The Morgan fingerprint density at radius 2 is 1.54 bits per heavy atom. The summed E-state index contributed by atoms with van der Waals surface area (Å²) in [5, 5.41) is 0. The fraction of sp³-hybridized carbons (Fsp3) is 0.214. The van der Waals surface area contributed by atoms with Gasteiger partial charge in [-0.3, -0.25) is 4.79 Å². The number of Topliss-reactive ketones (excluding diaryl/α,β-unsaturated/α-hetero) is 1. The van der Waals surface area contributed by atoms with Gasteiger partial charge in [-0.25, -0.2) is 4.98 Å². The summed E-state index contributed by atoms with van der Waals surface area (Å²) in [4.78, 5) is 18.3. The molecule has 0 unspecified atom stereocenters. The predicted octanol–water partition coefficient (Wildman–Crippen LogP) is 6.06. The summed E-state index contributed by atoms with van der Waals surface area (Å²) in [7, 11) is 4.64. The van der Waals surface area contributed by atoms with E-state index in [0.717, 1.165) is 0 Å². The van der Waals surface area contributed by atoms with Crippen molar-refractivity contribution in [2.45, 2.75) is 20.0 Å². The van der Waals surface area contributed by atoms with Crippen LogP contribution in [-0.4, -0.2) is 38.2 Å². The molecule has 0 aliphatic rings. The largest absolute Gasteiger partial charge is 0.496 e. The standard InChI is InChI=1S/C28H27NO6/c1-17(2)34-20-12-10-18(11-13-20)27(30)21(28-29-22-8-6-7-9-23(22)35-28)14-19-15-25(32-4)26(33-5)16-24(19)31-3/h6-17H,1-5H3/b21-14-. The molecule has 0 atom stereocenters. The van der Waals surface area contributed by atoms with Crippen molar-refractivity contribution in [3.8, 4) is 23.0 Å². The summed E-state index contributed by atoms with van der Waals surface area (Å²) in [6, 6.07) is 17.8. The van der Waals surface area contributed by atoms with Crippen LogP contribution < -0.4 is 18.9 Å². The fourth-order valence-electron chi connectivity index (χ4n) is 3.65. The molecule has 0 bridgehead atoms. The van der Waals surface area contributed by atoms with Gasteiger partial charge in [0.15, 0.2) is 22.9 Å². The van der Waals surface area contributed by atoms with Crippen LogP contribution in [0.3, 0.4) is 0 Å². The second kappa shape index (κ2) is 10.3. The van der Waals surface area contributed by atoms with Crippen LogP contribution in [0.15, 0.2) is 65.1 Å². The topological polar surface area (TPSA) is 80.0 Å². The maximum atomic E-state index is 13.7. The van der Waals surface area contributed by atoms with Crippen molar-refractivity contribution in [3.63, 3.8) is 0 Å². The molecule has 0 aliphatic heterocycles. The number of fused-ring (bicyclic) bond motifs is 1. The molecule has 7 heteroatoms. The smallest absolute Gasteiger partial charge is 0.231 e. The van der Waals surface area contributed by atoms with E-state index < -0.39 is 0 Å². The Morgan fingerprint density at radius 3 is 2.17 bits per heavy atom. The number of allylic oxidation sites excluding steroid dienone is 1. The minimum absolute atomic E-state index is 0.0317. The van der Waals surface area contributed by atoms with Crippen molar-refractivity contribution < 1.29 is 28.2 Å². The molecule has 0 N–H and O–H groups in total. The summed E-state index contributed by atoms with van der Waals surface area (Å²) in [5.41, 5.74) is 2.58. The van der Waals surface area contributed by atoms with Gasteiger partial charge in [-0.1, -0.05) is 12.1 Å². The van der Waals surface area contributed by atoms with Crippen LogP contribution in [0, 0.1) is 0 Å². The Kier molecular flexibility index (Phi) is 7.06. The third-order valence-corrected chi connectivity index (χ3v) is 5.29. The molecule has 180 valence electrons. The molecule has 4 rings (SSSR count). The third-order valence-electron chi connectivity index (χ3n) is 5.29. The minimum atomic E-state index is -0.260. The van der Waals surface area contributed by atoms with E-state index in [4.69, 9.17) is 23.4 Å². The fourth-order valence-corrected chi connectivity index (χ4v) is 3.65. The lowest BCUT2D eigenvalue weighted by Crippen LogP contribution is -2.07. The number of hydrogen-bond acceptors (Lipinski definition) is 7. The highest BCUT2D eigenvalue weighted by Gasteiger charge is 2.22. The Morgan fingerprint density at radius 1 is 0.886 bits per heavy atom. The molecule has 4 aromatic rings. The van der Waals surface area contributed by atoms with E-state index in [2.05, 4.69) is 4.98 Å². The number of ether oxygens (including phenoxy) is 4. The first-order chi connectivity index (χ1) is 16.9. The van der Waals surface area contributed by atoms with Crippen LogP contribution in [0.4, 0.5) is 0 Å². The van der Waals surface area contributed by atoms with Crippen molar-refractivity contribution in [1.82, 2.24) is 4.98 Å². The zero-order valence-electron chi connectivity index (χ0n) is 20.3. The van der Waals surface area contributed by atoms with Crippen LogP contribution in [0.1, 0.15) is 35.7 Å². The van der Waals surface area contributed by atoms with Gasteiger partial charge in [-0.05, 0) is 62.4 Å². The number of carbonyl (C=O) groups excluding carboxylic acids is 1. The first-order valence-electron chi connectivity index (χ1n) is 11.1. The Hall–Kier alpha value is -4.26. The van der Waals surface area contributed by atoms with Crippen molar-refractivity contribution in [2.75, 3.05) is 21.3 Å². The summed E-state index contributed by atoms with van der Waals surface area (Å²) >= 11 is 0. The van der Waals surface area contributed by atoms with Gasteiger partial charge in [0.05, 0.1) is 33.0 Å². The van der Waals surface area contributed by atoms with Crippen molar-refractivity contribution in [1.29, 1.82) is 0 Å². The first-order valence-corrected chi connectivity index (χ1v) is 11.1. The second-order valence-corrected chi connectivity index (χ2v) is 8.01.